The summed E-state index contributed by atoms with van der Waals surface area (Å²) in [6, 6.07) is -1.04. The Morgan fingerprint density at radius 1 is 1.19 bits per heavy atom. The van der Waals surface area contributed by atoms with Gasteiger partial charge >= 0.3 is 12.0 Å². The maximum atomic E-state index is 11.9. The fraction of sp³-hybridized carbons (Fsp3) is 0.867. The SMILES string of the molecule is CC(CNC(=O)N[C@H](C(=O)O)C(C)(C)C)N1CCCCC1. The van der Waals surface area contributed by atoms with Crippen molar-refractivity contribution in [2.45, 2.75) is 59.0 Å². The van der Waals surface area contributed by atoms with E-state index in [4.69, 9.17) is 0 Å². The second-order valence-corrected chi connectivity index (χ2v) is 6.94. The molecule has 1 saturated heterocycles. The average Bonchev–Trinajstić information content (AvgIpc) is 2.41. The van der Waals surface area contributed by atoms with E-state index in [2.05, 4.69) is 22.5 Å². The first-order chi connectivity index (χ1) is 9.71. The maximum absolute atomic E-state index is 11.9. The number of aliphatic carboxylic acids is 1. The van der Waals surface area contributed by atoms with Gasteiger partial charge in [0.1, 0.15) is 6.04 Å². The van der Waals surface area contributed by atoms with Crippen LogP contribution in [0.15, 0.2) is 0 Å². The molecule has 6 nitrogen and oxygen atoms in total. The van der Waals surface area contributed by atoms with Crippen molar-refractivity contribution >= 4 is 12.0 Å². The largest absolute Gasteiger partial charge is 0.480 e. The lowest BCUT2D eigenvalue weighted by molar-refractivity contribution is -0.141. The molecule has 1 rings (SSSR count). The molecule has 0 bridgehead atoms. The molecule has 1 aliphatic heterocycles. The first kappa shape index (κ1) is 17.8. The average molecular weight is 299 g/mol. The number of carbonyl (C=O) groups excluding carboxylic acids is 1. The van der Waals surface area contributed by atoms with E-state index in [1.807, 2.05) is 0 Å². The lowest BCUT2D eigenvalue weighted by Gasteiger charge is -2.33. The van der Waals surface area contributed by atoms with E-state index in [0.717, 1.165) is 13.1 Å². The van der Waals surface area contributed by atoms with Gasteiger partial charge in [0.15, 0.2) is 0 Å². The number of piperidine rings is 1. The number of urea groups is 1. The molecule has 122 valence electrons. The van der Waals surface area contributed by atoms with Gasteiger partial charge in [-0.1, -0.05) is 27.2 Å². The van der Waals surface area contributed by atoms with Crippen LogP contribution in [-0.4, -0.2) is 53.7 Å². The summed E-state index contributed by atoms with van der Waals surface area (Å²) in [5, 5.41) is 14.5. The van der Waals surface area contributed by atoms with Gasteiger partial charge in [0.2, 0.25) is 0 Å². The summed E-state index contributed by atoms with van der Waals surface area (Å²) in [5.41, 5.74) is -0.526. The molecule has 1 aliphatic rings. The van der Waals surface area contributed by atoms with Crippen LogP contribution in [-0.2, 0) is 4.79 Å². The Morgan fingerprint density at radius 3 is 2.24 bits per heavy atom. The molecule has 0 aromatic heterocycles. The predicted molar refractivity (Wildman–Crippen MR) is 82.3 cm³/mol. The van der Waals surface area contributed by atoms with Gasteiger partial charge in [-0.05, 0) is 38.3 Å². The highest BCUT2D eigenvalue weighted by Crippen LogP contribution is 2.19. The van der Waals surface area contributed by atoms with Gasteiger partial charge in [0.25, 0.3) is 0 Å². The highest BCUT2D eigenvalue weighted by molar-refractivity contribution is 5.83. The van der Waals surface area contributed by atoms with E-state index in [9.17, 15) is 14.7 Å². The third kappa shape index (κ3) is 5.91. The van der Waals surface area contributed by atoms with Crippen molar-refractivity contribution in [1.82, 2.24) is 15.5 Å². The molecule has 0 aromatic carbocycles. The van der Waals surface area contributed by atoms with Crippen LogP contribution in [0.3, 0.4) is 0 Å². The van der Waals surface area contributed by atoms with E-state index in [-0.39, 0.29) is 6.04 Å². The van der Waals surface area contributed by atoms with E-state index in [0.29, 0.717) is 6.54 Å². The quantitative estimate of drug-likeness (QED) is 0.721. The van der Waals surface area contributed by atoms with Crippen LogP contribution in [0.25, 0.3) is 0 Å². The van der Waals surface area contributed by atoms with Crippen LogP contribution in [0.4, 0.5) is 4.79 Å². The zero-order valence-electron chi connectivity index (χ0n) is 13.6. The third-order valence-electron chi connectivity index (χ3n) is 3.96. The van der Waals surface area contributed by atoms with Crippen LogP contribution < -0.4 is 10.6 Å². The van der Waals surface area contributed by atoms with E-state index in [1.165, 1.54) is 19.3 Å². The maximum Gasteiger partial charge on any atom is 0.326 e. The molecule has 0 aromatic rings. The van der Waals surface area contributed by atoms with Crippen molar-refractivity contribution in [2.75, 3.05) is 19.6 Å². The second kappa shape index (κ2) is 7.64. The molecule has 1 unspecified atom stereocenters. The molecule has 1 fully saturated rings. The molecule has 2 atom stereocenters. The van der Waals surface area contributed by atoms with Gasteiger partial charge in [0.05, 0.1) is 0 Å². The van der Waals surface area contributed by atoms with Crippen molar-refractivity contribution in [3.8, 4) is 0 Å². The minimum absolute atomic E-state index is 0.272. The van der Waals surface area contributed by atoms with Crippen LogP contribution in [0.5, 0.6) is 0 Å². The first-order valence-corrected chi connectivity index (χ1v) is 7.73. The minimum atomic E-state index is -1.01. The Bertz CT molecular complexity index is 360. The number of likely N-dealkylation sites (tertiary alicyclic amines) is 1. The summed E-state index contributed by atoms with van der Waals surface area (Å²) in [6.07, 6.45) is 3.70. The van der Waals surface area contributed by atoms with Crippen molar-refractivity contribution in [3.63, 3.8) is 0 Å². The molecule has 21 heavy (non-hydrogen) atoms. The summed E-state index contributed by atoms with van der Waals surface area (Å²) in [6.45, 7) is 10.1. The van der Waals surface area contributed by atoms with E-state index < -0.39 is 23.5 Å². The topological polar surface area (TPSA) is 81.7 Å². The molecule has 3 N–H and O–H groups in total. The van der Waals surface area contributed by atoms with Crippen molar-refractivity contribution < 1.29 is 14.7 Å². The molecular formula is C15H29N3O3. The van der Waals surface area contributed by atoms with Crippen molar-refractivity contribution in [1.29, 1.82) is 0 Å². The second-order valence-electron chi connectivity index (χ2n) is 6.94. The van der Waals surface area contributed by atoms with Gasteiger partial charge in [-0.2, -0.15) is 0 Å². The van der Waals surface area contributed by atoms with Gasteiger partial charge in [0, 0.05) is 12.6 Å². The number of carboxylic acid groups (broad SMARTS) is 1. The number of carboxylic acids is 1. The smallest absolute Gasteiger partial charge is 0.326 e. The highest BCUT2D eigenvalue weighted by Gasteiger charge is 2.32. The predicted octanol–water partition coefficient (Wildman–Crippen LogP) is 1.66. The Hall–Kier alpha value is -1.30. The third-order valence-corrected chi connectivity index (χ3v) is 3.96. The molecule has 6 heteroatoms. The van der Waals surface area contributed by atoms with Crippen LogP contribution in [0.2, 0.25) is 0 Å². The number of nitrogens with one attached hydrogen (secondary N) is 2. The van der Waals surface area contributed by atoms with Gasteiger partial charge in [-0.15, -0.1) is 0 Å². The van der Waals surface area contributed by atoms with Gasteiger partial charge in [-0.3, -0.25) is 4.90 Å². The highest BCUT2D eigenvalue weighted by atomic mass is 16.4. The number of rotatable bonds is 5. The van der Waals surface area contributed by atoms with Gasteiger partial charge < -0.3 is 15.7 Å². The molecule has 1 heterocycles. The summed E-state index contributed by atoms with van der Waals surface area (Å²) < 4.78 is 0. The number of hydrogen-bond acceptors (Lipinski definition) is 3. The Labute approximate surface area is 127 Å². The van der Waals surface area contributed by atoms with Gasteiger partial charge in [-0.25, -0.2) is 9.59 Å². The number of amides is 2. The minimum Gasteiger partial charge on any atom is -0.480 e. The summed E-state index contributed by atoms with van der Waals surface area (Å²) in [5.74, 6) is -1.01. The summed E-state index contributed by atoms with van der Waals surface area (Å²) in [4.78, 5) is 25.5. The van der Waals surface area contributed by atoms with Crippen LogP contribution in [0, 0.1) is 5.41 Å². The number of nitrogens with zero attached hydrogens (tertiary/aromatic N) is 1. The molecule has 0 saturated carbocycles. The number of hydrogen-bond donors (Lipinski definition) is 3. The Kier molecular flexibility index (Phi) is 6.45. The molecule has 0 aliphatic carbocycles. The standard InChI is InChI=1S/C15H29N3O3/c1-11(18-8-6-5-7-9-18)10-16-14(21)17-12(13(19)20)15(2,3)4/h11-12H,5-10H2,1-4H3,(H,19,20)(H2,16,17,21)/t11?,12-/m1/s1. The summed E-state index contributed by atoms with van der Waals surface area (Å²) in [7, 11) is 0. The zero-order chi connectivity index (χ0) is 16.0. The Balaban J connectivity index is 2.40. The van der Waals surface area contributed by atoms with Crippen molar-refractivity contribution in [3.05, 3.63) is 0 Å². The molecular weight excluding hydrogens is 270 g/mol. The van der Waals surface area contributed by atoms with Crippen molar-refractivity contribution in [2.24, 2.45) is 5.41 Å². The van der Waals surface area contributed by atoms with Crippen LogP contribution >= 0.6 is 0 Å². The van der Waals surface area contributed by atoms with E-state index in [1.54, 1.807) is 20.8 Å². The van der Waals surface area contributed by atoms with E-state index >= 15 is 0 Å². The molecule has 0 radical (unpaired) electrons. The fourth-order valence-corrected chi connectivity index (χ4v) is 2.56. The summed E-state index contributed by atoms with van der Waals surface area (Å²) >= 11 is 0. The van der Waals surface area contributed by atoms with Crippen LogP contribution in [0.1, 0.15) is 47.0 Å². The molecule has 2 amide bonds. The Morgan fingerprint density at radius 2 is 1.76 bits per heavy atom. The zero-order valence-corrected chi connectivity index (χ0v) is 13.6. The molecule has 0 spiro atoms. The fourth-order valence-electron chi connectivity index (χ4n) is 2.56. The first-order valence-electron chi connectivity index (χ1n) is 7.73. The lowest BCUT2D eigenvalue weighted by Crippen LogP contribution is -2.54. The lowest BCUT2D eigenvalue weighted by atomic mass is 9.87. The number of carbonyl (C=O) groups is 2. The normalized spacial score (nSPS) is 19.6. The monoisotopic (exact) mass is 299 g/mol.